The van der Waals surface area contributed by atoms with Crippen LogP contribution in [0.15, 0.2) is 35.1 Å². The van der Waals surface area contributed by atoms with Crippen molar-refractivity contribution in [1.82, 2.24) is 15.1 Å². The van der Waals surface area contributed by atoms with Crippen LogP contribution in [0, 0.1) is 12.7 Å². The van der Waals surface area contributed by atoms with Gasteiger partial charge >= 0.3 is 0 Å². The van der Waals surface area contributed by atoms with Gasteiger partial charge in [0.1, 0.15) is 5.82 Å². The smallest absolute Gasteiger partial charge is 0.127 e. The number of halogens is 2. The first-order chi connectivity index (χ1) is 8.65. The third-order valence-corrected chi connectivity index (χ3v) is 3.10. The molecule has 1 heterocycles. The summed E-state index contributed by atoms with van der Waals surface area (Å²) >= 11 is 3.34. The van der Waals surface area contributed by atoms with Gasteiger partial charge in [0.05, 0.1) is 12.7 Å². The van der Waals surface area contributed by atoms with Crippen molar-refractivity contribution in [1.29, 1.82) is 0 Å². The lowest BCUT2D eigenvalue weighted by Gasteiger charge is -2.06. The molecular weight excluding hydrogens is 297 g/mol. The van der Waals surface area contributed by atoms with Crippen molar-refractivity contribution in [3.05, 3.63) is 52.0 Å². The highest BCUT2D eigenvalue weighted by molar-refractivity contribution is 9.10. The van der Waals surface area contributed by atoms with E-state index in [2.05, 4.69) is 26.3 Å². The first-order valence-electron chi connectivity index (χ1n) is 5.79. The first kappa shape index (κ1) is 13.2. The molecule has 0 aliphatic rings. The molecular formula is C13H15BrFN3. The van der Waals surface area contributed by atoms with E-state index in [-0.39, 0.29) is 5.82 Å². The molecule has 0 fully saturated rings. The molecule has 5 heteroatoms. The Morgan fingerprint density at radius 2 is 2.28 bits per heavy atom. The normalized spacial score (nSPS) is 10.8. The van der Waals surface area contributed by atoms with Gasteiger partial charge in [-0.3, -0.25) is 4.68 Å². The molecule has 0 spiro atoms. The van der Waals surface area contributed by atoms with Crippen molar-refractivity contribution in [2.75, 3.05) is 6.54 Å². The highest BCUT2D eigenvalue weighted by Gasteiger charge is 2.02. The molecule has 0 aliphatic carbocycles. The second-order valence-electron chi connectivity index (χ2n) is 4.19. The molecule has 96 valence electrons. The molecule has 0 radical (unpaired) electrons. The Balaban J connectivity index is 1.80. The quantitative estimate of drug-likeness (QED) is 0.861. The molecule has 3 nitrogen and oxygen atoms in total. The minimum atomic E-state index is -0.180. The highest BCUT2D eigenvalue weighted by Crippen LogP contribution is 2.15. The Hall–Kier alpha value is -1.20. The number of nitrogens with zero attached hydrogens (tertiary/aromatic N) is 2. The number of rotatable bonds is 5. The lowest BCUT2D eigenvalue weighted by molar-refractivity contribution is 0.540. The number of hydrogen-bond donors (Lipinski definition) is 1. The van der Waals surface area contributed by atoms with Crippen LogP contribution >= 0.6 is 15.9 Å². The summed E-state index contributed by atoms with van der Waals surface area (Å²) in [6.45, 7) is 4.07. The second-order valence-corrected chi connectivity index (χ2v) is 5.11. The van der Waals surface area contributed by atoms with E-state index >= 15 is 0 Å². The van der Waals surface area contributed by atoms with E-state index in [1.165, 1.54) is 6.07 Å². The molecule has 0 atom stereocenters. The van der Waals surface area contributed by atoms with Gasteiger partial charge < -0.3 is 5.32 Å². The van der Waals surface area contributed by atoms with E-state index < -0.39 is 0 Å². The van der Waals surface area contributed by atoms with Gasteiger partial charge in [0.25, 0.3) is 0 Å². The van der Waals surface area contributed by atoms with Gasteiger partial charge in [-0.1, -0.05) is 15.9 Å². The average Bonchev–Trinajstić information content (AvgIpc) is 2.75. The van der Waals surface area contributed by atoms with Gasteiger partial charge in [0, 0.05) is 29.3 Å². The lowest BCUT2D eigenvalue weighted by Crippen LogP contribution is -2.20. The number of aryl methyl sites for hydroxylation is 1. The van der Waals surface area contributed by atoms with Crippen molar-refractivity contribution < 1.29 is 4.39 Å². The third kappa shape index (κ3) is 3.65. The number of hydrogen-bond acceptors (Lipinski definition) is 2. The number of nitrogens with one attached hydrogen (secondary N) is 1. The molecule has 0 aliphatic heterocycles. The van der Waals surface area contributed by atoms with Gasteiger partial charge in [-0.15, -0.1) is 0 Å². The molecule has 0 amide bonds. The van der Waals surface area contributed by atoms with Crippen LogP contribution in [0.2, 0.25) is 0 Å². The number of benzene rings is 1. The zero-order chi connectivity index (χ0) is 13.0. The van der Waals surface area contributed by atoms with E-state index in [9.17, 15) is 4.39 Å². The van der Waals surface area contributed by atoms with E-state index in [1.54, 1.807) is 12.1 Å². The summed E-state index contributed by atoms with van der Waals surface area (Å²) in [6.07, 6.45) is 3.81. The summed E-state index contributed by atoms with van der Waals surface area (Å²) in [6, 6.07) is 4.96. The predicted octanol–water partition coefficient (Wildman–Crippen LogP) is 2.88. The zero-order valence-electron chi connectivity index (χ0n) is 10.2. The summed E-state index contributed by atoms with van der Waals surface area (Å²) in [5.41, 5.74) is 1.81. The van der Waals surface area contributed by atoms with Gasteiger partial charge in [-0.05, 0) is 30.7 Å². The van der Waals surface area contributed by atoms with Crippen LogP contribution < -0.4 is 5.32 Å². The largest absolute Gasteiger partial charge is 0.311 e. The number of aromatic nitrogens is 2. The molecule has 0 unspecified atom stereocenters. The molecule has 2 rings (SSSR count). The average molecular weight is 312 g/mol. The van der Waals surface area contributed by atoms with Crippen LogP contribution in [-0.2, 0) is 13.1 Å². The van der Waals surface area contributed by atoms with Gasteiger partial charge in [-0.2, -0.15) is 5.10 Å². The highest BCUT2D eigenvalue weighted by atomic mass is 79.9. The van der Waals surface area contributed by atoms with Gasteiger partial charge in [-0.25, -0.2) is 4.39 Å². The summed E-state index contributed by atoms with van der Waals surface area (Å²) < 4.78 is 16.2. The van der Waals surface area contributed by atoms with Crippen molar-refractivity contribution in [3.8, 4) is 0 Å². The lowest BCUT2D eigenvalue weighted by atomic mass is 10.2. The standard InChI is InChI=1S/C13H15BrFN3/c1-10-7-17-18(9-10)5-4-16-8-11-6-12(14)2-3-13(11)15/h2-3,6-7,9,16H,4-5,8H2,1H3. The van der Waals surface area contributed by atoms with Crippen LogP contribution in [0.1, 0.15) is 11.1 Å². The van der Waals surface area contributed by atoms with Crippen LogP contribution in [-0.4, -0.2) is 16.3 Å². The Labute approximate surface area is 114 Å². The van der Waals surface area contributed by atoms with Crippen molar-refractivity contribution in [3.63, 3.8) is 0 Å². The monoisotopic (exact) mass is 311 g/mol. The predicted molar refractivity (Wildman–Crippen MR) is 72.8 cm³/mol. The fourth-order valence-corrected chi connectivity index (χ4v) is 2.09. The SMILES string of the molecule is Cc1cnn(CCNCc2cc(Br)ccc2F)c1. The van der Waals surface area contributed by atoms with E-state index in [4.69, 9.17) is 0 Å². The van der Waals surface area contributed by atoms with Crippen molar-refractivity contribution >= 4 is 15.9 Å². The topological polar surface area (TPSA) is 29.9 Å². The van der Waals surface area contributed by atoms with Gasteiger partial charge in [0.15, 0.2) is 0 Å². The molecule has 1 N–H and O–H groups in total. The van der Waals surface area contributed by atoms with Crippen LogP contribution in [0.4, 0.5) is 4.39 Å². The maximum Gasteiger partial charge on any atom is 0.127 e. The van der Waals surface area contributed by atoms with E-state index in [0.717, 1.165) is 23.1 Å². The summed E-state index contributed by atoms with van der Waals surface area (Å²) in [7, 11) is 0. The maximum absolute atomic E-state index is 13.4. The van der Waals surface area contributed by atoms with Crippen LogP contribution in [0.5, 0.6) is 0 Å². The van der Waals surface area contributed by atoms with Crippen molar-refractivity contribution in [2.45, 2.75) is 20.0 Å². The van der Waals surface area contributed by atoms with Crippen molar-refractivity contribution in [2.24, 2.45) is 0 Å². The zero-order valence-corrected chi connectivity index (χ0v) is 11.7. The Morgan fingerprint density at radius 3 is 3.00 bits per heavy atom. The van der Waals surface area contributed by atoms with Crippen LogP contribution in [0.25, 0.3) is 0 Å². The molecule has 1 aromatic heterocycles. The summed E-state index contributed by atoms with van der Waals surface area (Å²) in [5.74, 6) is -0.180. The Bertz CT molecular complexity index is 525. The molecule has 1 aromatic carbocycles. The second kappa shape index (κ2) is 6.11. The van der Waals surface area contributed by atoms with E-state index in [0.29, 0.717) is 12.1 Å². The minimum absolute atomic E-state index is 0.180. The molecule has 2 aromatic rings. The third-order valence-electron chi connectivity index (χ3n) is 2.60. The summed E-state index contributed by atoms with van der Waals surface area (Å²) in [5, 5.41) is 7.39. The Morgan fingerprint density at radius 1 is 1.44 bits per heavy atom. The fraction of sp³-hybridized carbons (Fsp3) is 0.308. The molecule has 0 saturated heterocycles. The maximum atomic E-state index is 13.4. The van der Waals surface area contributed by atoms with Crippen LogP contribution in [0.3, 0.4) is 0 Å². The fourth-order valence-electron chi connectivity index (χ4n) is 1.68. The Kier molecular flexibility index (Phi) is 4.49. The van der Waals surface area contributed by atoms with E-state index in [1.807, 2.05) is 24.0 Å². The molecule has 18 heavy (non-hydrogen) atoms. The minimum Gasteiger partial charge on any atom is -0.311 e. The molecule has 0 saturated carbocycles. The summed E-state index contributed by atoms with van der Waals surface area (Å²) in [4.78, 5) is 0. The van der Waals surface area contributed by atoms with Gasteiger partial charge in [0.2, 0.25) is 0 Å². The molecule has 0 bridgehead atoms. The first-order valence-corrected chi connectivity index (χ1v) is 6.58.